The Balaban J connectivity index is 1.77. The first kappa shape index (κ1) is 19.3. The quantitative estimate of drug-likeness (QED) is 0.772. The maximum absolute atomic E-state index is 13.3. The number of methoxy groups -OCH3 is 2. The summed E-state index contributed by atoms with van der Waals surface area (Å²) in [5, 5.41) is 7.53. The van der Waals surface area contributed by atoms with Gasteiger partial charge in [-0.25, -0.2) is 9.48 Å². The van der Waals surface area contributed by atoms with Gasteiger partial charge in [0.1, 0.15) is 30.0 Å². The smallest absolute Gasteiger partial charge is 0.338 e. The number of allylic oxidation sites excluding steroid dienone is 1. The second kappa shape index (κ2) is 8.14. The van der Waals surface area contributed by atoms with Gasteiger partial charge >= 0.3 is 5.97 Å². The molecule has 1 aliphatic carbocycles. The van der Waals surface area contributed by atoms with Crippen molar-refractivity contribution in [2.45, 2.75) is 51.2 Å². The lowest BCUT2D eigenvalue weighted by molar-refractivity contribution is -0.146. The van der Waals surface area contributed by atoms with Gasteiger partial charge < -0.3 is 19.5 Å². The van der Waals surface area contributed by atoms with Crippen LogP contribution in [-0.2, 0) is 9.53 Å². The molecule has 4 rings (SSSR count). The molecule has 0 saturated heterocycles. The number of nitrogens with zero attached hydrogens (tertiary/aromatic N) is 3. The highest BCUT2D eigenvalue weighted by molar-refractivity contribution is 5.92. The fourth-order valence-corrected chi connectivity index (χ4v) is 4.09. The molecule has 0 spiro atoms. The average molecular weight is 398 g/mol. The van der Waals surface area contributed by atoms with E-state index in [9.17, 15) is 4.79 Å². The molecule has 29 heavy (non-hydrogen) atoms. The Hall–Kier alpha value is -3.03. The molecule has 1 fully saturated rings. The van der Waals surface area contributed by atoms with Crippen molar-refractivity contribution in [2.75, 3.05) is 19.5 Å². The second-order valence-electron chi connectivity index (χ2n) is 7.37. The van der Waals surface area contributed by atoms with Crippen LogP contribution in [0.3, 0.4) is 0 Å². The van der Waals surface area contributed by atoms with Gasteiger partial charge in [0, 0.05) is 11.3 Å². The van der Waals surface area contributed by atoms with Crippen molar-refractivity contribution >= 4 is 11.9 Å². The number of hydrogen-bond acceptors (Lipinski definition) is 7. The Kier molecular flexibility index (Phi) is 5.42. The molecule has 2 aromatic rings. The molecule has 0 amide bonds. The number of carbonyl (C=O) groups is 1. The maximum Gasteiger partial charge on any atom is 0.338 e. The molecule has 154 valence electrons. The topological polar surface area (TPSA) is 87.5 Å². The van der Waals surface area contributed by atoms with E-state index in [1.165, 1.54) is 12.7 Å². The number of esters is 1. The van der Waals surface area contributed by atoms with E-state index < -0.39 is 6.04 Å². The first-order chi connectivity index (χ1) is 14.1. The van der Waals surface area contributed by atoms with Gasteiger partial charge in [0.2, 0.25) is 5.95 Å². The Morgan fingerprint density at radius 3 is 2.69 bits per heavy atom. The zero-order valence-electron chi connectivity index (χ0n) is 17.0. The molecule has 2 aliphatic rings. The number of fused-ring (bicyclic) bond motifs is 1. The van der Waals surface area contributed by atoms with Gasteiger partial charge in [-0.1, -0.05) is 6.42 Å². The number of rotatable bonds is 5. The number of benzene rings is 1. The van der Waals surface area contributed by atoms with Gasteiger partial charge in [-0.3, -0.25) is 0 Å². The molecule has 8 nitrogen and oxygen atoms in total. The van der Waals surface area contributed by atoms with Crippen LogP contribution in [0.5, 0.6) is 11.5 Å². The van der Waals surface area contributed by atoms with Crippen molar-refractivity contribution in [3.8, 4) is 11.5 Å². The molecule has 1 aliphatic heterocycles. The van der Waals surface area contributed by atoms with Gasteiger partial charge in [-0.2, -0.15) is 10.1 Å². The zero-order valence-corrected chi connectivity index (χ0v) is 17.0. The van der Waals surface area contributed by atoms with Crippen LogP contribution >= 0.6 is 0 Å². The van der Waals surface area contributed by atoms with Crippen LogP contribution in [0.25, 0.3) is 0 Å². The summed E-state index contributed by atoms with van der Waals surface area (Å²) in [6.07, 6.45) is 6.62. The van der Waals surface area contributed by atoms with Crippen LogP contribution in [0, 0.1) is 0 Å². The van der Waals surface area contributed by atoms with Crippen molar-refractivity contribution in [2.24, 2.45) is 0 Å². The van der Waals surface area contributed by atoms with Crippen molar-refractivity contribution in [1.29, 1.82) is 0 Å². The molecule has 1 N–H and O–H groups in total. The van der Waals surface area contributed by atoms with E-state index in [1.807, 2.05) is 25.1 Å². The van der Waals surface area contributed by atoms with E-state index in [2.05, 4.69) is 15.4 Å². The number of hydrogen-bond donors (Lipinski definition) is 1. The zero-order chi connectivity index (χ0) is 20.4. The molecule has 0 unspecified atom stereocenters. The Bertz CT molecular complexity index is 931. The average Bonchev–Trinajstić information content (AvgIpc) is 3.20. The minimum atomic E-state index is -0.533. The summed E-state index contributed by atoms with van der Waals surface area (Å²) < 4.78 is 18.6. The first-order valence-electron chi connectivity index (χ1n) is 9.92. The largest absolute Gasteiger partial charge is 0.497 e. The highest BCUT2D eigenvalue weighted by atomic mass is 16.5. The summed E-state index contributed by atoms with van der Waals surface area (Å²) in [6, 6.07) is 4.98. The lowest BCUT2D eigenvalue weighted by Crippen LogP contribution is -2.32. The third kappa shape index (κ3) is 3.66. The van der Waals surface area contributed by atoms with Gasteiger partial charge in [0.05, 0.1) is 19.8 Å². The van der Waals surface area contributed by atoms with Crippen LogP contribution in [0.1, 0.15) is 50.6 Å². The van der Waals surface area contributed by atoms with Crippen molar-refractivity contribution in [3.05, 3.63) is 41.4 Å². The molecule has 2 heterocycles. The van der Waals surface area contributed by atoms with Gasteiger partial charge in [-0.15, -0.1) is 0 Å². The Labute approximate surface area is 169 Å². The molecule has 1 saturated carbocycles. The minimum absolute atomic E-state index is 0.0402. The van der Waals surface area contributed by atoms with E-state index in [4.69, 9.17) is 14.2 Å². The van der Waals surface area contributed by atoms with E-state index >= 15 is 0 Å². The number of ether oxygens (including phenoxy) is 3. The molecule has 0 bridgehead atoms. The first-order valence-corrected chi connectivity index (χ1v) is 9.92. The molecule has 8 heteroatoms. The van der Waals surface area contributed by atoms with Crippen LogP contribution in [-0.4, -0.2) is 41.1 Å². The van der Waals surface area contributed by atoms with E-state index in [1.54, 1.807) is 18.9 Å². The normalized spacial score (nSPS) is 19.3. The lowest BCUT2D eigenvalue weighted by atomic mass is 9.94. The SMILES string of the molecule is COc1ccc(OC)c([C@@H]2C(C(=O)OC3CCCCC3)=C(C)Nc3ncnn32)c1. The second-order valence-corrected chi connectivity index (χ2v) is 7.37. The minimum Gasteiger partial charge on any atom is -0.497 e. The standard InChI is InChI=1S/C21H26N4O4/c1-13-18(20(26)29-14-7-5-4-6-8-14)19(25-21(24-13)22-12-23-25)16-11-15(27-2)9-10-17(16)28-3/h9-12,14,19H,4-8H2,1-3H3,(H,22,23,24)/t19-/m1/s1. The Morgan fingerprint density at radius 2 is 1.97 bits per heavy atom. The molecule has 1 aromatic carbocycles. The number of anilines is 1. The number of aromatic nitrogens is 3. The molecular formula is C21H26N4O4. The summed E-state index contributed by atoms with van der Waals surface area (Å²) in [5.74, 6) is 1.53. The van der Waals surface area contributed by atoms with E-state index in [-0.39, 0.29) is 12.1 Å². The van der Waals surface area contributed by atoms with Crippen LogP contribution in [0.2, 0.25) is 0 Å². The fraction of sp³-hybridized carbons (Fsp3) is 0.476. The Morgan fingerprint density at radius 1 is 1.17 bits per heavy atom. The molecule has 0 radical (unpaired) electrons. The summed E-state index contributed by atoms with van der Waals surface area (Å²) in [6.45, 7) is 1.86. The molecule has 1 aromatic heterocycles. The monoisotopic (exact) mass is 398 g/mol. The maximum atomic E-state index is 13.3. The predicted molar refractivity (Wildman–Crippen MR) is 107 cm³/mol. The number of nitrogens with one attached hydrogen (secondary N) is 1. The van der Waals surface area contributed by atoms with Crippen molar-refractivity contribution in [3.63, 3.8) is 0 Å². The third-order valence-corrected chi connectivity index (χ3v) is 5.57. The lowest BCUT2D eigenvalue weighted by Gasteiger charge is -2.30. The van der Waals surface area contributed by atoms with E-state index in [0.717, 1.165) is 31.2 Å². The molecular weight excluding hydrogens is 372 g/mol. The van der Waals surface area contributed by atoms with Gasteiger partial charge in [0.15, 0.2) is 0 Å². The van der Waals surface area contributed by atoms with Crippen LogP contribution in [0.15, 0.2) is 35.8 Å². The fourth-order valence-electron chi connectivity index (χ4n) is 4.09. The molecule has 1 atom stereocenters. The third-order valence-electron chi connectivity index (χ3n) is 5.57. The highest BCUT2D eigenvalue weighted by Crippen LogP contribution is 2.41. The highest BCUT2D eigenvalue weighted by Gasteiger charge is 2.37. The van der Waals surface area contributed by atoms with Crippen molar-refractivity contribution < 1.29 is 19.0 Å². The summed E-state index contributed by atoms with van der Waals surface area (Å²) in [4.78, 5) is 17.6. The van der Waals surface area contributed by atoms with Crippen molar-refractivity contribution in [1.82, 2.24) is 14.8 Å². The number of carbonyl (C=O) groups excluding carboxylic acids is 1. The van der Waals surface area contributed by atoms with E-state index in [0.29, 0.717) is 28.7 Å². The van der Waals surface area contributed by atoms with Crippen LogP contribution in [0.4, 0.5) is 5.95 Å². The summed E-state index contributed by atoms with van der Waals surface area (Å²) in [7, 11) is 3.21. The van der Waals surface area contributed by atoms with Gasteiger partial charge in [-0.05, 0) is 50.8 Å². The van der Waals surface area contributed by atoms with Gasteiger partial charge in [0.25, 0.3) is 0 Å². The summed E-state index contributed by atoms with van der Waals surface area (Å²) in [5.41, 5.74) is 1.95. The van der Waals surface area contributed by atoms with Crippen LogP contribution < -0.4 is 14.8 Å². The summed E-state index contributed by atoms with van der Waals surface area (Å²) >= 11 is 0. The predicted octanol–water partition coefficient (Wildman–Crippen LogP) is 3.46.